The zero-order valence-electron chi connectivity index (χ0n) is 19.8. The van der Waals surface area contributed by atoms with Crippen LogP contribution in [0.5, 0.6) is 0 Å². The molecule has 0 radical (unpaired) electrons. The van der Waals surface area contributed by atoms with Gasteiger partial charge in [-0.3, -0.25) is 10.1 Å². The number of carbonyl (C=O) groups excluding carboxylic acids is 1. The van der Waals surface area contributed by atoms with Gasteiger partial charge in [-0.25, -0.2) is 9.78 Å². The number of amides is 1. The van der Waals surface area contributed by atoms with Crippen LogP contribution in [0.3, 0.4) is 0 Å². The summed E-state index contributed by atoms with van der Waals surface area (Å²) in [7, 11) is 0. The molecule has 0 bridgehead atoms. The Morgan fingerprint density at radius 3 is 2.51 bits per heavy atom. The number of nitrogens with one attached hydrogen (secondary N) is 4. The zero-order valence-corrected chi connectivity index (χ0v) is 22.1. The second-order valence-corrected chi connectivity index (χ2v) is 11.0. The summed E-state index contributed by atoms with van der Waals surface area (Å²) in [5.74, 6) is 0.262. The summed E-state index contributed by atoms with van der Waals surface area (Å²) >= 11 is 17.7. The van der Waals surface area contributed by atoms with Crippen molar-refractivity contribution in [2.45, 2.75) is 29.3 Å². The van der Waals surface area contributed by atoms with E-state index in [0.717, 1.165) is 5.56 Å². The lowest BCUT2D eigenvalue weighted by Gasteiger charge is -2.31. The first-order chi connectivity index (χ1) is 17.5. The van der Waals surface area contributed by atoms with E-state index >= 15 is 0 Å². The number of aliphatic hydroxyl groups excluding tert-OH is 1. The van der Waals surface area contributed by atoms with Crippen LogP contribution in [-0.2, 0) is 4.74 Å². The van der Waals surface area contributed by atoms with E-state index in [4.69, 9.17) is 39.5 Å². The van der Waals surface area contributed by atoms with Gasteiger partial charge in [0, 0.05) is 12.7 Å². The molecule has 0 aliphatic heterocycles. The van der Waals surface area contributed by atoms with Crippen molar-refractivity contribution in [3.63, 3.8) is 0 Å². The van der Waals surface area contributed by atoms with Crippen molar-refractivity contribution in [2.75, 3.05) is 17.2 Å². The Kier molecular flexibility index (Phi) is 7.70. The molecule has 0 aliphatic rings. The summed E-state index contributed by atoms with van der Waals surface area (Å²) in [4.78, 5) is 35.6. The number of fused-ring (bicyclic) bond motifs is 1. The first-order valence-corrected chi connectivity index (χ1v) is 12.3. The third-order valence-electron chi connectivity index (χ3n) is 5.65. The molecule has 194 valence electrons. The number of rotatable bonds is 7. The maximum absolute atomic E-state index is 12.8. The number of H-pyrrole nitrogens is 2. The van der Waals surface area contributed by atoms with Crippen LogP contribution in [0.4, 0.5) is 16.2 Å². The van der Waals surface area contributed by atoms with Crippen molar-refractivity contribution < 1.29 is 14.6 Å². The molecule has 2 aromatic carbocycles. The fourth-order valence-corrected chi connectivity index (χ4v) is 3.66. The molecular formula is C25H24Cl3N5O4. The predicted octanol–water partition coefficient (Wildman–Crippen LogP) is 5.76. The number of ether oxygens (including phenoxy) is 1. The number of pyridine rings is 1. The Labute approximate surface area is 227 Å². The lowest BCUT2D eigenvalue weighted by Crippen LogP contribution is -2.42. The van der Waals surface area contributed by atoms with Crippen molar-refractivity contribution in [1.29, 1.82) is 0 Å². The van der Waals surface area contributed by atoms with E-state index < -0.39 is 27.2 Å². The number of carbonyl (C=O) groups is 1. The van der Waals surface area contributed by atoms with Crippen LogP contribution in [0.25, 0.3) is 22.4 Å². The summed E-state index contributed by atoms with van der Waals surface area (Å²) in [5, 5.41) is 16.3. The zero-order chi connectivity index (χ0) is 26.8. The van der Waals surface area contributed by atoms with Crippen LogP contribution >= 0.6 is 34.8 Å². The third-order valence-corrected chi connectivity index (χ3v) is 7.02. The van der Waals surface area contributed by atoms with E-state index in [1.54, 1.807) is 24.3 Å². The van der Waals surface area contributed by atoms with Crippen LogP contribution in [0.2, 0.25) is 0 Å². The molecule has 0 unspecified atom stereocenters. The Hall–Kier alpha value is -3.24. The molecule has 4 rings (SSSR count). The van der Waals surface area contributed by atoms with Crippen molar-refractivity contribution in [3.05, 3.63) is 76.7 Å². The van der Waals surface area contributed by atoms with Crippen LogP contribution in [0.1, 0.15) is 25.5 Å². The number of hydrogen-bond donors (Lipinski definition) is 5. The Bertz CT molecular complexity index is 1460. The van der Waals surface area contributed by atoms with Crippen LogP contribution in [0.15, 0.2) is 65.6 Å². The molecule has 0 aliphatic carbocycles. The first kappa shape index (κ1) is 26.8. The number of nitrogens with zero attached hydrogens (tertiary/aromatic N) is 1. The van der Waals surface area contributed by atoms with E-state index in [2.05, 4.69) is 25.6 Å². The van der Waals surface area contributed by atoms with Gasteiger partial charge in [0.1, 0.15) is 11.4 Å². The predicted molar refractivity (Wildman–Crippen MR) is 147 cm³/mol. The molecule has 9 nitrogen and oxygen atoms in total. The van der Waals surface area contributed by atoms with E-state index in [1.807, 2.05) is 30.3 Å². The highest BCUT2D eigenvalue weighted by Gasteiger charge is 2.44. The van der Waals surface area contributed by atoms with Crippen LogP contribution in [0, 0.1) is 0 Å². The molecule has 2 heterocycles. The molecule has 0 spiro atoms. The quantitative estimate of drug-likeness (QED) is 0.181. The topological polar surface area (TPSA) is 132 Å². The van der Waals surface area contributed by atoms with Crippen LogP contribution in [-0.4, -0.2) is 42.1 Å². The third kappa shape index (κ3) is 6.02. The molecule has 0 saturated carbocycles. The summed E-state index contributed by atoms with van der Waals surface area (Å²) in [6, 6.07) is 15.9. The Morgan fingerprint density at radius 1 is 1.08 bits per heavy atom. The largest absolute Gasteiger partial charge is 0.439 e. The fraction of sp³-hybridized carbons (Fsp3) is 0.240. The molecule has 0 fully saturated rings. The number of anilines is 2. The molecule has 0 saturated heterocycles. The minimum atomic E-state index is -1.84. The molecule has 12 heteroatoms. The second-order valence-electron chi connectivity index (χ2n) is 8.71. The highest BCUT2D eigenvalue weighted by molar-refractivity contribution is 6.68. The molecule has 1 amide bonds. The number of benzene rings is 2. The van der Waals surface area contributed by atoms with Gasteiger partial charge in [0.2, 0.25) is 3.79 Å². The van der Waals surface area contributed by atoms with Gasteiger partial charge in [0.15, 0.2) is 5.60 Å². The van der Waals surface area contributed by atoms with E-state index in [1.165, 1.54) is 20.0 Å². The number of aromatic amines is 2. The minimum Gasteiger partial charge on any atom is -0.439 e. The fourth-order valence-electron chi connectivity index (χ4n) is 3.54. The summed E-state index contributed by atoms with van der Waals surface area (Å²) in [6.45, 7) is 3.11. The molecule has 4 aromatic rings. The first-order valence-electron chi connectivity index (χ1n) is 11.2. The molecule has 5 N–H and O–H groups in total. The van der Waals surface area contributed by atoms with E-state index in [9.17, 15) is 14.7 Å². The van der Waals surface area contributed by atoms with Gasteiger partial charge >= 0.3 is 6.09 Å². The van der Waals surface area contributed by atoms with Gasteiger partial charge in [-0.15, -0.1) is 0 Å². The lowest BCUT2D eigenvalue weighted by molar-refractivity contribution is 0.0519. The van der Waals surface area contributed by atoms with Crippen molar-refractivity contribution in [2.24, 2.45) is 0 Å². The second kappa shape index (κ2) is 10.6. The number of aromatic nitrogens is 3. The van der Waals surface area contributed by atoms with Crippen molar-refractivity contribution in [1.82, 2.24) is 15.0 Å². The van der Waals surface area contributed by atoms with Crippen molar-refractivity contribution >= 4 is 63.3 Å². The van der Waals surface area contributed by atoms with Gasteiger partial charge in [-0.05, 0) is 37.6 Å². The standard InChI is InChI=1S/C25H24Cl3N5O4/c1-24(2,25(26,27)28)37-23(36)32-17-10-6-9-16-20(17)33-21(31-16)19-15(11-12-29-22(19)35)30-13-18(34)14-7-4-3-5-8-14/h3-12,18,34H,13H2,1-2H3,(H,31,33)(H,32,36)(H2,29,30,35)/t18-/m0/s1. The van der Waals surface area contributed by atoms with E-state index in [0.29, 0.717) is 22.4 Å². The average Bonchev–Trinajstić information content (AvgIpc) is 3.27. The SMILES string of the molecule is CC(C)(OC(=O)Nc1cccc2nc(-c3c(NC[C@H](O)c4ccccc4)cc[nH]c3=O)[nH]c12)C(Cl)(Cl)Cl. The van der Waals surface area contributed by atoms with Crippen LogP contribution < -0.4 is 16.2 Å². The Morgan fingerprint density at radius 2 is 1.81 bits per heavy atom. The minimum absolute atomic E-state index is 0.165. The maximum Gasteiger partial charge on any atom is 0.412 e. The lowest BCUT2D eigenvalue weighted by atomic mass is 10.1. The van der Waals surface area contributed by atoms with Crippen molar-refractivity contribution in [3.8, 4) is 11.4 Å². The molecular weight excluding hydrogens is 541 g/mol. The maximum atomic E-state index is 12.8. The highest BCUT2D eigenvalue weighted by Crippen LogP contribution is 2.40. The monoisotopic (exact) mass is 563 g/mol. The smallest absolute Gasteiger partial charge is 0.412 e. The summed E-state index contributed by atoms with van der Waals surface area (Å²) < 4.78 is 3.46. The molecule has 1 atom stereocenters. The van der Waals surface area contributed by atoms with Gasteiger partial charge in [0.05, 0.1) is 28.5 Å². The number of halogens is 3. The number of imidazole rings is 1. The average molecular weight is 565 g/mol. The van der Waals surface area contributed by atoms with Gasteiger partial charge in [-0.2, -0.15) is 0 Å². The molecule has 37 heavy (non-hydrogen) atoms. The van der Waals surface area contributed by atoms with E-state index in [-0.39, 0.29) is 17.9 Å². The highest BCUT2D eigenvalue weighted by atomic mass is 35.6. The summed E-state index contributed by atoms with van der Waals surface area (Å²) in [5.41, 5.74) is 0.953. The van der Waals surface area contributed by atoms with Gasteiger partial charge < -0.3 is 25.1 Å². The Balaban J connectivity index is 1.61. The number of aliphatic hydroxyl groups is 1. The number of para-hydroxylation sites is 1. The normalized spacial score (nSPS) is 12.8. The van der Waals surface area contributed by atoms with Gasteiger partial charge in [0.25, 0.3) is 5.56 Å². The van der Waals surface area contributed by atoms with Gasteiger partial charge in [-0.1, -0.05) is 71.2 Å². The number of hydrogen-bond acceptors (Lipinski definition) is 6. The summed E-state index contributed by atoms with van der Waals surface area (Å²) in [6.07, 6.45) is -0.126. The number of alkyl halides is 3. The molecule has 2 aromatic heterocycles.